The molecule has 4 rings (SSSR count). The van der Waals surface area contributed by atoms with Crippen LogP contribution < -0.4 is 4.90 Å². The highest BCUT2D eigenvalue weighted by atomic mass is 15.2. The van der Waals surface area contributed by atoms with Gasteiger partial charge in [0.15, 0.2) is 5.82 Å². The molecule has 3 heteroatoms. The summed E-state index contributed by atoms with van der Waals surface area (Å²) in [5.41, 5.74) is 6.60. The number of rotatable bonds is 2. The van der Waals surface area contributed by atoms with Crippen LogP contribution in [0.5, 0.6) is 0 Å². The number of allylic oxidation sites excluding steroid dienone is 3. The second-order valence-electron chi connectivity index (χ2n) is 7.72. The molecular formula is C22H23N3. The van der Waals surface area contributed by atoms with Crippen molar-refractivity contribution in [2.75, 3.05) is 4.90 Å². The molecule has 0 spiro atoms. The molecule has 1 aromatic heterocycles. The smallest absolute Gasteiger partial charge is 0.160 e. The first-order valence-corrected chi connectivity index (χ1v) is 8.61. The van der Waals surface area contributed by atoms with Gasteiger partial charge in [0, 0.05) is 23.2 Å². The highest BCUT2D eigenvalue weighted by Crippen LogP contribution is 2.56. The first-order chi connectivity index (χ1) is 11.9. The van der Waals surface area contributed by atoms with Crippen LogP contribution in [0, 0.1) is 0 Å². The van der Waals surface area contributed by atoms with Crippen LogP contribution in [0.15, 0.2) is 67.2 Å². The summed E-state index contributed by atoms with van der Waals surface area (Å²) < 4.78 is 0. The van der Waals surface area contributed by atoms with Crippen molar-refractivity contribution in [1.29, 1.82) is 0 Å². The second kappa shape index (κ2) is 4.92. The van der Waals surface area contributed by atoms with E-state index < -0.39 is 0 Å². The van der Waals surface area contributed by atoms with Gasteiger partial charge in [-0.25, -0.2) is 4.98 Å². The topological polar surface area (TPSA) is 29.0 Å². The van der Waals surface area contributed by atoms with Crippen LogP contribution in [0.2, 0.25) is 0 Å². The van der Waals surface area contributed by atoms with Gasteiger partial charge in [-0.15, -0.1) is 0 Å². The zero-order chi connectivity index (χ0) is 18.0. The first-order valence-electron chi connectivity index (χ1n) is 8.61. The average molecular weight is 329 g/mol. The Labute approximate surface area is 149 Å². The van der Waals surface area contributed by atoms with E-state index in [4.69, 9.17) is 9.97 Å². The number of aromatic nitrogens is 2. The van der Waals surface area contributed by atoms with Gasteiger partial charge in [-0.1, -0.05) is 51.3 Å². The quantitative estimate of drug-likeness (QED) is 0.761. The molecule has 3 heterocycles. The van der Waals surface area contributed by atoms with Gasteiger partial charge in [0.25, 0.3) is 0 Å². The third-order valence-electron chi connectivity index (χ3n) is 5.68. The van der Waals surface area contributed by atoms with Crippen molar-refractivity contribution in [3.8, 4) is 0 Å². The van der Waals surface area contributed by atoms with Gasteiger partial charge < -0.3 is 0 Å². The molecule has 0 saturated carbocycles. The van der Waals surface area contributed by atoms with E-state index in [1.54, 1.807) is 12.4 Å². The van der Waals surface area contributed by atoms with E-state index in [9.17, 15) is 0 Å². The SMILES string of the molecule is C=CC1=C(C=C)C(C)(C)c2cccc3c2N1c1nccnc1C3(C)C. The van der Waals surface area contributed by atoms with Crippen molar-refractivity contribution in [3.05, 3.63) is 84.0 Å². The predicted molar refractivity (Wildman–Crippen MR) is 103 cm³/mol. The monoisotopic (exact) mass is 329 g/mol. The van der Waals surface area contributed by atoms with Crippen molar-refractivity contribution in [3.63, 3.8) is 0 Å². The van der Waals surface area contributed by atoms with Gasteiger partial charge in [-0.3, -0.25) is 9.88 Å². The molecule has 0 radical (unpaired) electrons. The first kappa shape index (κ1) is 15.8. The lowest BCUT2D eigenvalue weighted by Gasteiger charge is -2.48. The summed E-state index contributed by atoms with van der Waals surface area (Å²) in [5.74, 6) is 0.886. The molecule has 0 amide bonds. The molecule has 25 heavy (non-hydrogen) atoms. The summed E-state index contributed by atoms with van der Waals surface area (Å²) in [6.45, 7) is 17.1. The standard InChI is InChI=1S/C22H23N3/c1-7-14-17(8-2)25-18-15(21(14,3)4)10-9-11-16(18)22(5,6)19-20(25)24-13-12-23-19/h7-13H,1-2H2,3-6H3. The van der Waals surface area contributed by atoms with E-state index in [0.717, 1.165) is 22.8 Å². The number of benzene rings is 1. The summed E-state index contributed by atoms with van der Waals surface area (Å²) >= 11 is 0. The Morgan fingerprint density at radius 3 is 2.20 bits per heavy atom. The number of hydrogen-bond acceptors (Lipinski definition) is 3. The molecule has 1 aromatic carbocycles. The molecule has 2 aromatic rings. The fourth-order valence-electron chi connectivity index (χ4n) is 4.34. The summed E-state index contributed by atoms with van der Waals surface area (Å²) in [5, 5.41) is 0. The zero-order valence-corrected chi connectivity index (χ0v) is 15.3. The minimum absolute atomic E-state index is 0.150. The van der Waals surface area contributed by atoms with E-state index in [1.807, 2.05) is 12.2 Å². The van der Waals surface area contributed by atoms with Gasteiger partial charge >= 0.3 is 0 Å². The van der Waals surface area contributed by atoms with Crippen LogP contribution in [0.1, 0.15) is 44.5 Å². The Balaban J connectivity index is 2.20. The van der Waals surface area contributed by atoms with Crippen LogP contribution >= 0.6 is 0 Å². The molecular weight excluding hydrogens is 306 g/mol. The lowest BCUT2D eigenvalue weighted by molar-refractivity contribution is 0.573. The Kier molecular flexibility index (Phi) is 3.11. The lowest BCUT2D eigenvalue weighted by Crippen LogP contribution is -2.40. The summed E-state index contributed by atoms with van der Waals surface area (Å²) in [7, 11) is 0. The molecule has 0 bridgehead atoms. The third kappa shape index (κ3) is 1.81. The van der Waals surface area contributed by atoms with Gasteiger partial charge in [-0.2, -0.15) is 0 Å². The van der Waals surface area contributed by atoms with E-state index in [0.29, 0.717) is 0 Å². The summed E-state index contributed by atoms with van der Waals surface area (Å²) in [6.07, 6.45) is 7.39. The van der Waals surface area contributed by atoms with Crippen LogP contribution in [0.25, 0.3) is 0 Å². The predicted octanol–water partition coefficient (Wildman–Crippen LogP) is 5.17. The van der Waals surface area contributed by atoms with Crippen molar-refractivity contribution in [1.82, 2.24) is 9.97 Å². The van der Waals surface area contributed by atoms with E-state index in [2.05, 4.69) is 64.0 Å². The maximum atomic E-state index is 4.70. The number of hydrogen-bond donors (Lipinski definition) is 0. The molecule has 0 aliphatic carbocycles. The van der Waals surface area contributed by atoms with Gasteiger partial charge in [-0.05, 0) is 36.6 Å². The van der Waals surface area contributed by atoms with Crippen LogP contribution in [-0.4, -0.2) is 9.97 Å². The van der Waals surface area contributed by atoms with Crippen LogP contribution in [0.4, 0.5) is 11.5 Å². The molecule has 0 saturated heterocycles. The molecule has 0 unspecified atom stereocenters. The summed E-state index contributed by atoms with van der Waals surface area (Å²) in [4.78, 5) is 11.6. The number of para-hydroxylation sites is 1. The third-order valence-corrected chi connectivity index (χ3v) is 5.68. The van der Waals surface area contributed by atoms with Crippen molar-refractivity contribution < 1.29 is 0 Å². The van der Waals surface area contributed by atoms with Crippen molar-refractivity contribution in [2.45, 2.75) is 38.5 Å². The van der Waals surface area contributed by atoms with Crippen molar-refractivity contribution >= 4 is 11.5 Å². The maximum Gasteiger partial charge on any atom is 0.160 e. The number of nitrogens with zero attached hydrogens (tertiary/aromatic N) is 3. The van der Waals surface area contributed by atoms with E-state index >= 15 is 0 Å². The maximum absolute atomic E-state index is 4.70. The van der Waals surface area contributed by atoms with Crippen LogP contribution in [0.3, 0.4) is 0 Å². The van der Waals surface area contributed by atoms with Crippen molar-refractivity contribution in [2.24, 2.45) is 0 Å². The zero-order valence-electron chi connectivity index (χ0n) is 15.3. The molecule has 0 N–H and O–H groups in total. The highest BCUT2D eigenvalue weighted by Gasteiger charge is 2.46. The minimum atomic E-state index is -0.209. The lowest BCUT2D eigenvalue weighted by atomic mass is 9.68. The molecule has 0 atom stereocenters. The largest absolute Gasteiger partial charge is 0.293 e. The number of anilines is 2. The number of fused-ring (bicyclic) bond motifs is 2. The van der Waals surface area contributed by atoms with Gasteiger partial charge in [0.1, 0.15) is 0 Å². The molecule has 3 nitrogen and oxygen atoms in total. The highest BCUT2D eigenvalue weighted by molar-refractivity contribution is 5.85. The Hall–Kier alpha value is -2.68. The Morgan fingerprint density at radius 2 is 1.56 bits per heavy atom. The fourth-order valence-corrected chi connectivity index (χ4v) is 4.34. The molecule has 126 valence electrons. The second-order valence-corrected chi connectivity index (χ2v) is 7.72. The van der Waals surface area contributed by atoms with Crippen LogP contribution in [-0.2, 0) is 10.8 Å². The van der Waals surface area contributed by atoms with E-state index in [-0.39, 0.29) is 10.8 Å². The van der Waals surface area contributed by atoms with Gasteiger partial charge in [0.2, 0.25) is 0 Å². The molecule has 0 fully saturated rings. The average Bonchev–Trinajstić information content (AvgIpc) is 2.60. The molecule has 2 aliphatic rings. The fraction of sp³-hybridized carbons (Fsp3) is 0.273. The Morgan fingerprint density at radius 1 is 0.920 bits per heavy atom. The minimum Gasteiger partial charge on any atom is -0.293 e. The molecule has 2 aliphatic heterocycles. The summed E-state index contributed by atoms with van der Waals surface area (Å²) in [6, 6.07) is 6.57. The normalized spacial score (nSPS) is 19.1. The van der Waals surface area contributed by atoms with E-state index in [1.165, 1.54) is 16.8 Å². The Bertz CT molecular complexity index is 947. The van der Waals surface area contributed by atoms with Gasteiger partial charge in [0.05, 0.1) is 17.1 Å².